The second-order valence-electron chi connectivity index (χ2n) is 5.69. The molecule has 0 heterocycles. The van der Waals surface area contributed by atoms with Crippen molar-refractivity contribution in [3.05, 3.63) is 0 Å². The first-order chi connectivity index (χ1) is 8.74. The Morgan fingerprint density at radius 2 is 2.05 bits per heavy atom. The van der Waals surface area contributed by atoms with Gasteiger partial charge in [0.25, 0.3) is 0 Å². The first kappa shape index (κ1) is 16.7. The average Bonchev–Trinajstić information content (AvgIpc) is 2.94. The molecule has 2 aliphatic rings. The summed E-state index contributed by atoms with van der Waals surface area (Å²) in [5.74, 6) is 1.32. The fourth-order valence-corrected chi connectivity index (χ4v) is 3.44. The van der Waals surface area contributed by atoms with Crippen molar-refractivity contribution in [2.45, 2.75) is 45.1 Å². The van der Waals surface area contributed by atoms with Crippen LogP contribution in [0.4, 0.5) is 0 Å². The smallest absolute Gasteiger partial charge is 0.225 e. The summed E-state index contributed by atoms with van der Waals surface area (Å²) < 4.78 is 5.43. The topological polar surface area (TPSA) is 64.3 Å². The Morgan fingerprint density at radius 3 is 2.68 bits per heavy atom. The number of hydrogen-bond donors (Lipinski definition) is 2. The van der Waals surface area contributed by atoms with Crippen molar-refractivity contribution in [3.8, 4) is 0 Å². The van der Waals surface area contributed by atoms with Gasteiger partial charge in [-0.05, 0) is 37.5 Å². The zero-order valence-electron chi connectivity index (χ0n) is 11.8. The van der Waals surface area contributed by atoms with E-state index in [2.05, 4.69) is 12.2 Å². The Hall–Kier alpha value is -0.320. The third-order valence-corrected chi connectivity index (χ3v) is 4.47. The minimum absolute atomic E-state index is 0. The van der Waals surface area contributed by atoms with Gasteiger partial charge in [0, 0.05) is 19.2 Å². The molecule has 2 bridgehead atoms. The molecular weight excluding hydrogens is 264 g/mol. The molecule has 0 aromatic rings. The highest BCUT2D eigenvalue weighted by molar-refractivity contribution is 5.85. The van der Waals surface area contributed by atoms with Crippen molar-refractivity contribution in [1.82, 2.24) is 5.32 Å². The van der Waals surface area contributed by atoms with Crippen LogP contribution >= 0.6 is 12.4 Å². The molecular formula is C14H27ClN2O2. The van der Waals surface area contributed by atoms with E-state index >= 15 is 0 Å². The molecule has 1 amide bonds. The monoisotopic (exact) mass is 290 g/mol. The van der Waals surface area contributed by atoms with E-state index in [4.69, 9.17) is 10.5 Å². The summed E-state index contributed by atoms with van der Waals surface area (Å²) in [6.07, 6.45) is 5.79. The second-order valence-corrected chi connectivity index (χ2v) is 5.69. The number of fused-ring (bicyclic) bond motifs is 2. The lowest BCUT2D eigenvalue weighted by atomic mass is 9.84. The molecule has 2 aliphatic carbocycles. The predicted molar refractivity (Wildman–Crippen MR) is 78.3 cm³/mol. The largest absolute Gasteiger partial charge is 0.380 e. The van der Waals surface area contributed by atoms with Crippen LogP contribution in [0.15, 0.2) is 0 Å². The van der Waals surface area contributed by atoms with Gasteiger partial charge in [-0.3, -0.25) is 4.79 Å². The quantitative estimate of drug-likeness (QED) is 0.702. The SMILES string of the molecule is CCCCOCCNC(=O)C1C2CCC(C2)C1N.Cl. The first-order valence-corrected chi connectivity index (χ1v) is 7.35. The summed E-state index contributed by atoms with van der Waals surface area (Å²) in [6.45, 7) is 4.16. The molecule has 0 spiro atoms. The summed E-state index contributed by atoms with van der Waals surface area (Å²) >= 11 is 0. The molecule has 3 N–H and O–H groups in total. The van der Waals surface area contributed by atoms with Crippen molar-refractivity contribution in [1.29, 1.82) is 0 Å². The highest BCUT2D eigenvalue weighted by atomic mass is 35.5. The van der Waals surface area contributed by atoms with Crippen LogP contribution in [0.1, 0.15) is 39.0 Å². The maximum atomic E-state index is 12.1. The molecule has 0 aliphatic heterocycles. The van der Waals surface area contributed by atoms with E-state index in [0.717, 1.165) is 25.9 Å². The molecule has 0 aromatic carbocycles. The number of ether oxygens (including phenoxy) is 1. The summed E-state index contributed by atoms with van der Waals surface area (Å²) in [7, 11) is 0. The van der Waals surface area contributed by atoms with Gasteiger partial charge in [0.15, 0.2) is 0 Å². The number of unbranched alkanes of at least 4 members (excludes halogenated alkanes) is 1. The first-order valence-electron chi connectivity index (χ1n) is 7.35. The molecule has 112 valence electrons. The van der Waals surface area contributed by atoms with Crippen LogP contribution < -0.4 is 11.1 Å². The van der Waals surface area contributed by atoms with Crippen LogP contribution in [0.3, 0.4) is 0 Å². The van der Waals surface area contributed by atoms with E-state index in [0.29, 0.717) is 25.0 Å². The maximum Gasteiger partial charge on any atom is 0.225 e. The molecule has 2 saturated carbocycles. The molecule has 5 heteroatoms. The molecule has 4 nitrogen and oxygen atoms in total. The highest BCUT2D eigenvalue weighted by Crippen LogP contribution is 2.47. The summed E-state index contributed by atoms with van der Waals surface area (Å²) in [6, 6.07) is 0.0877. The molecule has 4 unspecified atom stereocenters. The van der Waals surface area contributed by atoms with Crippen molar-refractivity contribution in [2.24, 2.45) is 23.5 Å². The zero-order valence-corrected chi connectivity index (χ0v) is 12.6. The van der Waals surface area contributed by atoms with E-state index < -0.39 is 0 Å². The molecule has 19 heavy (non-hydrogen) atoms. The summed E-state index contributed by atoms with van der Waals surface area (Å²) in [5.41, 5.74) is 6.14. The molecule has 4 atom stereocenters. The van der Waals surface area contributed by atoms with Gasteiger partial charge in [-0.25, -0.2) is 0 Å². The normalized spacial score (nSPS) is 32.1. The minimum atomic E-state index is 0. The third kappa shape index (κ3) is 4.07. The maximum absolute atomic E-state index is 12.1. The van der Waals surface area contributed by atoms with Gasteiger partial charge in [0.2, 0.25) is 5.91 Å². The van der Waals surface area contributed by atoms with Crippen molar-refractivity contribution < 1.29 is 9.53 Å². The number of nitrogens with two attached hydrogens (primary N) is 1. The molecule has 2 rings (SSSR count). The summed E-state index contributed by atoms with van der Waals surface area (Å²) in [5, 5.41) is 2.97. The van der Waals surface area contributed by atoms with Gasteiger partial charge < -0.3 is 15.8 Å². The standard InChI is InChI=1S/C14H26N2O2.ClH/c1-2-3-7-18-8-6-16-14(17)12-10-4-5-11(9-10)13(12)15;/h10-13H,2-9,15H2,1H3,(H,16,17);1H. The fraction of sp³-hybridized carbons (Fsp3) is 0.929. The molecule has 0 aromatic heterocycles. The zero-order chi connectivity index (χ0) is 13.0. The third-order valence-electron chi connectivity index (χ3n) is 4.47. The Bertz CT molecular complexity index is 287. The van der Waals surface area contributed by atoms with Gasteiger partial charge in [0.05, 0.1) is 12.5 Å². The van der Waals surface area contributed by atoms with Gasteiger partial charge in [-0.1, -0.05) is 13.3 Å². The molecule has 0 radical (unpaired) electrons. The van der Waals surface area contributed by atoms with Crippen molar-refractivity contribution in [2.75, 3.05) is 19.8 Å². The Labute approximate surface area is 122 Å². The number of carbonyl (C=O) groups excluding carboxylic acids is 1. The highest BCUT2D eigenvalue weighted by Gasteiger charge is 2.48. The Morgan fingerprint density at radius 1 is 1.32 bits per heavy atom. The van der Waals surface area contributed by atoms with Crippen LogP contribution in [0, 0.1) is 17.8 Å². The lowest BCUT2D eigenvalue weighted by Crippen LogP contribution is -2.45. The number of halogens is 1. The van der Waals surface area contributed by atoms with Gasteiger partial charge in [0.1, 0.15) is 0 Å². The van der Waals surface area contributed by atoms with Crippen molar-refractivity contribution >= 4 is 18.3 Å². The van der Waals surface area contributed by atoms with Gasteiger partial charge in [-0.2, -0.15) is 0 Å². The molecule has 2 fully saturated rings. The van der Waals surface area contributed by atoms with E-state index in [1.54, 1.807) is 0 Å². The van der Waals surface area contributed by atoms with Crippen molar-refractivity contribution in [3.63, 3.8) is 0 Å². The molecule has 0 saturated heterocycles. The number of rotatable bonds is 7. The summed E-state index contributed by atoms with van der Waals surface area (Å²) in [4.78, 5) is 12.1. The van der Waals surface area contributed by atoms with E-state index in [1.807, 2.05) is 0 Å². The van der Waals surface area contributed by atoms with Gasteiger partial charge >= 0.3 is 0 Å². The number of nitrogens with one attached hydrogen (secondary N) is 1. The van der Waals surface area contributed by atoms with Crippen LogP contribution in [0.2, 0.25) is 0 Å². The number of amides is 1. The fourth-order valence-electron chi connectivity index (χ4n) is 3.44. The second kappa shape index (κ2) is 8.08. The van der Waals surface area contributed by atoms with Gasteiger partial charge in [-0.15, -0.1) is 12.4 Å². The number of hydrogen-bond acceptors (Lipinski definition) is 3. The lowest BCUT2D eigenvalue weighted by molar-refractivity contribution is -0.127. The average molecular weight is 291 g/mol. The van der Waals surface area contributed by atoms with E-state index in [1.165, 1.54) is 12.8 Å². The predicted octanol–water partition coefficient (Wildman–Crippen LogP) is 1.71. The Balaban J connectivity index is 0.00000180. The van der Waals surface area contributed by atoms with Crippen LogP contribution in [-0.4, -0.2) is 31.7 Å². The van der Waals surface area contributed by atoms with Crippen LogP contribution in [0.25, 0.3) is 0 Å². The Kier molecular flexibility index (Phi) is 7.11. The van der Waals surface area contributed by atoms with E-state index in [-0.39, 0.29) is 30.3 Å². The van der Waals surface area contributed by atoms with Crippen LogP contribution in [-0.2, 0) is 9.53 Å². The van der Waals surface area contributed by atoms with E-state index in [9.17, 15) is 4.79 Å². The number of carbonyl (C=O) groups is 1. The minimum Gasteiger partial charge on any atom is -0.380 e. The lowest BCUT2D eigenvalue weighted by Gasteiger charge is -2.26. The van der Waals surface area contributed by atoms with Crippen LogP contribution in [0.5, 0.6) is 0 Å².